The van der Waals surface area contributed by atoms with Gasteiger partial charge in [0, 0.05) is 40.0 Å². The summed E-state index contributed by atoms with van der Waals surface area (Å²) in [6, 6.07) is 29.8. The highest BCUT2D eigenvalue weighted by Crippen LogP contribution is 2.27. The van der Waals surface area contributed by atoms with Crippen molar-refractivity contribution in [2.24, 2.45) is 0 Å². The number of para-hydroxylation sites is 1. The summed E-state index contributed by atoms with van der Waals surface area (Å²) in [4.78, 5) is 51.4. The number of rotatable bonds is 12. The maximum absolute atomic E-state index is 13.6. The summed E-state index contributed by atoms with van der Waals surface area (Å²) in [5, 5.41) is 10.7. The van der Waals surface area contributed by atoms with Gasteiger partial charge in [-0.15, -0.1) is 11.8 Å². The third-order valence-electron chi connectivity index (χ3n) is 6.29. The number of anilines is 3. The average molecular weight is 623 g/mol. The van der Waals surface area contributed by atoms with Crippen LogP contribution in [0, 0.1) is 0 Å². The summed E-state index contributed by atoms with van der Waals surface area (Å²) < 4.78 is 5.71. The molecule has 4 amide bonds. The van der Waals surface area contributed by atoms with E-state index in [0.29, 0.717) is 40.5 Å². The molecule has 4 N–H and O–H groups in total. The molecule has 0 fully saturated rings. The molecule has 0 aliphatic rings. The smallest absolute Gasteiger partial charge is 0.272 e. The Morgan fingerprint density at radius 1 is 0.778 bits per heavy atom. The molecule has 0 aliphatic carbocycles. The molecule has 10 heteroatoms. The summed E-state index contributed by atoms with van der Waals surface area (Å²) >= 11 is 1.33. The van der Waals surface area contributed by atoms with Gasteiger partial charge in [0.05, 0.1) is 11.9 Å². The Hall–Kier alpha value is -5.35. The fourth-order valence-electron chi connectivity index (χ4n) is 4.17. The Morgan fingerprint density at radius 2 is 1.44 bits per heavy atom. The van der Waals surface area contributed by atoms with Crippen molar-refractivity contribution in [2.75, 3.05) is 22.6 Å². The van der Waals surface area contributed by atoms with Crippen LogP contribution in [0.25, 0.3) is 6.08 Å². The predicted octanol–water partition coefficient (Wildman–Crippen LogP) is 6.57. The topological polar surface area (TPSA) is 126 Å². The minimum absolute atomic E-state index is 0.0336. The molecule has 230 valence electrons. The predicted molar refractivity (Wildman–Crippen MR) is 179 cm³/mol. The Balaban J connectivity index is 1.47. The molecule has 0 radical (unpaired) electrons. The van der Waals surface area contributed by atoms with E-state index in [0.717, 1.165) is 4.90 Å². The number of nitrogens with one attached hydrogen (secondary N) is 4. The van der Waals surface area contributed by atoms with E-state index >= 15 is 0 Å². The fraction of sp³-hybridized carbons (Fsp3) is 0.143. The number of benzene rings is 4. The van der Waals surface area contributed by atoms with Crippen LogP contribution in [0.1, 0.15) is 36.7 Å². The van der Waals surface area contributed by atoms with Crippen molar-refractivity contribution in [2.45, 2.75) is 30.9 Å². The lowest BCUT2D eigenvalue weighted by Crippen LogP contribution is -2.30. The minimum atomic E-state index is -0.527. The number of carbonyl (C=O) groups is 4. The molecule has 4 aromatic carbocycles. The van der Waals surface area contributed by atoms with Crippen molar-refractivity contribution < 1.29 is 23.9 Å². The van der Waals surface area contributed by atoms with Crippen LogP contribution < -0.4 is 26.0 Å². The summed E-state index contributed by atoms with van der Waals surface area (Å²) in [5.74, 6) is -0.760. The van der Waals surface area contributed by atoms with Crippen LogP contribution in [0.4, 0.5) is 17.1 Å². The number of ether oxygens (including phenoxy) is 1. The van der Waals surface area contributed by atoms with Gasteiger partial charge in [0.15, 0.2) is 0 Å². The zero-order valence-electron chi connectivity index (χ0n) is 25.1. The van der Waals surface area contributed by atoms with Crippen molar-refractivity contribution in [1.82, 2.24) is 5.32 Å². The van der Waals surface area contributed by atoms with Gasteiger partial charge in [-0.05, 0) is 80.6 Å². The maximum Gasteiger partial charge on any atom is 0.272 e. The van der Waals surface area contributed by atoms with E-state index in [4.69, 9.17) is 4.74 Å². The first kappa shape index (κ1) is 32.6. The van der Waals surface area contributed by atoms with Crippen molar-refractivity contribution in [3.8, 4) is 5.75 Å². The number of thioether (sulfide) groups is 1. The van der Waals surface area contributed by atoms with Crippen LogP contribution in [0.2, 0.25) is 0 Å². The molecule has 9 nitrogen and oxygen atoms in total. The zero-order valence-corrected chi connectivity index (χ0v) is 25.9. The number of amides is 4. The molecule has 0 saturated heterocycles. The standard InChI is InChI=1S/C35H34N4O5S/c1-4-44-32-16-9-8-13-26(32)21-31(39-34(42)25-11-6-5-7-12-25)35(43)38-29-14-10-15-30(22-29)45-23(2)33(41)37-28-19-17-27(18-20-28)36-24(3)40/h5-23H,4H2,1-3H3,(H,36,40)(H,37,41)(H,38,43)(H,39,42)/b31-21+. The Labute approximate surface area is 266 Å². The summed E-state index contributed by atoms with van der Waals surface area (Å²) in [7, 11) is 0. The van der Waals surface area contributed by atoms with E-state index in [1.807, 2.05) is 25.1 Å². The highest BCUT2D eigenvalue weighted by molar-refractivity contribution is 8.00. The number of hydrogen-bond donors (Lipinski definition) is 4. The molecule has 1 unspecified atom stereocenters. The lowest BCUT2D eigenvalue weighted by atomic mass is 10.1. The molecule has 4 aromatic rings. The van der Waals surface area contributed by atoms with Gasteiger partial charge in [-0.25, -0.2) is 0 Å². The van der Waals surface area contributed by atoms with Crippen molar-refractivity contribution in [1.29, 1.82) is 0 Å². The molecule has 0 aliphatic heterocycles. The first-order chi connectivity index (χ1) is 21.7. The van der Waals surface area contributed by atoms with Crippen LogP contribution in [0.3, 0.4) is 0 Å². The van der Waals surface area contributed by atoms with E-state index < -0.39 is 17.1 Å². The van der Waals surface area contributed by atoms with Gasteiger partial charge in [0.1, 0.15) is 11.4 Å². The first-order valence-corrected chi connectivity index (χ1v) is 15.2. The van der Waals surface area contributed by atoms with Gasteiger partial charge < -0.3 is 26.0 Å². The molecular formula is C35H34N4O5S. The van der Waals surface area contributed by atoms with Gasteiger partial charge in [0.25, 0.3) is 11.8 Å². The third-order valence-corrected chi connectivity index (χ3v) is 7.39. The van der Waals surface area contributed by atoms with Crippen LogP contribution in [-0.2, 0) is 14.4 Å². The molecule has 45 heavy (non-hydrogen) atoms. The van der Waals surface area contributed by atoms with E-state index in [9.17, 15) is 19.2 Å². The third kappa shape index (κ3) is 9.84. The fourth-order valence-corrected chi connectivity index (χ4v) is 5.10. The van der Waals surface area contributed by atoms with Crippen molar-refractivity contribution >= 4 is 58.5 Å². The van der Waals surface area contributed by atoms with E-state index in [1.54, 1.807) is 97.9 Å². The van der Waals surface area contributed by atoms with Gasteiger partial charge in [-0.1, -0.05) is 42.5 Å². The first-order valence-electron chi connectivity index (χ1n) is 14.3. The second-order valence-corrected chi connectivity index (χ2v) is 11.3. The Bertz CT molecular complexity index is 1690. The Kier molecular flexibility index (Phi) is 11.5. The van der Waals surface area contributed by atoms with Gasteiger partial charge in [0.2, 0.25) is 11.8 Å². The second kappa shape index (κ2) is 15.9. The van der Waals surface area contributed by atoms with Crippen LogP contribution in [-0.4, -0.2) is 35.5 Å². The van der Waals surface area contributed by atoms with Crippen LogP contribution in [0.5, 0.6) is 5.75 Å². The summed E-state index contributed by atoms with van der Waals surface area (Å²) in [6.07, 6.45) is 1.58. The second-order valence-electron chi connectivity index (χ2n) is 9.84. The van der Waals surface area contributed by atoms with Gasteiger partial charge in [-0.2, -0.15) is 0 Å². The molecule has 0 saturated carbocycles. The number of carbonyl (C=O) groups excluding carboxylic acids is 4. The van der Waals surface area contributed by atoms with E-state index in [1.165, 1.54) is 18.7 Å². The van der Waals surface area contributed by atoms with Crippen LogP contribution in [0.15, 0.2) is 114 Å². The molecular weight excluding hydrogens is 588 g/mol. The molecule has 4 rings (SSSR count). The van der Waals surface area contributed by atoms with Gasteiger partial charge in [-0.3, -0.25) is 19.2 Å². The largest absolute Gasteiger partial charge is 0.493 e. The van der Waals surface area contributed by atoms with Crippen molar-refractivity contribution in [3.63, 3.8) is 0 Å². The minimum Gasteiger partial charge on any atom is -0.493 e. The number of hydrogen-bond acceptors (Lipinski definition) is 6. The summed E-state index contributed by atoms with van der Waals surface area (Å²) in [6.45, 7) is 5.52. The van der Waals surface area contributed by atoms with Gasteiger partial charge >= 0.3 is 0 Å². The molecule has 0 heterocycles. The molecule has 1 atom stereocenters. The van der Waals surface area contributed by atoms with Crippen LogP contribution >= 0.6 is 11.8 Å². The summed E-state index contributed by atoms with van der Waals surface area (Å²) in [5.41, 5.74) is 2.80. The van der Waals surface area contributed by atoms with Crippen molar-refractivity contribution in [3.05, 3.63) is 120 Å². The lowest BCUT2D eigenvalue weighted by Gasteiger charge is -2.15. The highest BCUT2D eigenvalue weighted by Gasteiger charge is 2.18. The SMILES string of the molecule is CCOc1ccccc1/C=C(/NC(=O)c1ccccc1)C(=O)Nc1cccc(SC(C)C(=O)Nc2ccc(NC(C)=O)cc2)c1. The molecule has 0 bridgehead atoms. The monoisotopic (exact) mass is 622 g/mol. The lowest BCUT2D eigenvalue weighted by molar-refractivity contribution is -0.115. The normalized spacial score (nSPS) is 11.6. The zero-order chi connectivity index (χ0) is 32.2. The van der Waals surface area contributed by atoms with E-state index in [2.05, 4.69) is 21.3 Å². The molecule has 0 aromatic heterocycles. The maximum atomic E-state index is 13.6. The highest BCUT2D eigenvalue weighted by atomic mass is 32.2. The quantitative estimate of drug-likeness (QED) is 0.105. The van der Waals surface area contributed by atoms with E-state index in [-0.39, 0.29) is 17.5 Å². The molecule has 0 spiro atoms. The average Bonchev–Trinajstić information content (AvgIpc) is 3.03. The Morgan fingerprint density at radius 3 is 2.13 bits per heavy atom.